The van der Waals surface area contributed by atoms with Crippen LogP contribution in [0.3, 0.4) is 0 Å². The van der Waals surface area contributed by atoms with E-state index in [9.17, 15) is 121 Å². The largest absolute Gasteiger partial charge is 0.481 e. The molecule has 22 N–H and O–H groups in total. The number of amides is 15. The maximum atomic E-state index is 14.1. The van der Waals surface area contributed by atoms with Crippen molar-refractivity contribution >= 4 is 118 Å². The minimum Gasteiger partial charge on any atom is -0.481 e. The summed E-state index contributed by atoms with van der Waals surface area (Å²) in [6, 6.07) is -18.5. The Morgan fingerprint density at radius 3 is 1.06 bits per heavy atom. The maximum Gasteiger partial charge on any atom is 0.303 e. The summed E-state index contributed by atoms with van der Waals surface area (Å²) in [6.07, 6.45) is -6.64. The number of carbonyl (C=O) groups is 20. The highest BCUT2D eigenvalue weighted by molar-refractivity contribution is 6.00. The van der Waals surface area contributed by atoms with Gasteiger partial charge in [0, 0.05) is 32.1 Å². The zero-order valence-electron chi connectivity index (χ0n) is 60.5. The predicted molar refractivity (Wildman–Crippen MR) is 365 cm³/mol. The number of carboxylic acids is 5. The van der Waals surface area contributed by atoms with E-state index in [0.717, 1.165) is 13.3 Å². The van der Waals surface area contributed by atoms with Crippen molar-refractivity contribution < 1.29 is 121 Å². The normalized spacial score (nSPS) is 15.8. The second kappa shape index (κ2) is 46.2. The van der Waals surface area contributed by atoms with Gasteiger partial charge in [0.1, 0.15) is 66.5 Å². The lowest BCUT2D eigenvalue weighted by atomic mass is 9.99. The third-order valence-electron chi connectivity index (χ3n) is 16.1. The molecule has 105 heavy (non-hydrogen) atoms. The van der Waals surface area contributed by atoms with E-state index in [-0.39, 0.29) is 24.7 Å². The van der Waals surface area contributed by atoms with Gasteiger partial charge in [0.2, 0.25) is 88.6 Å². The van der Waals surface area contributed by atoms with Crippen molar-refractivity contribution in [1.82, 2.24) is 74.0 Å². The van der Waals surface area contributed by atoms with Gasteiger partial charge < -0.3 is 106 Å². The molecule has 41 nitrogen and oxygen atoms in total. The van der Waals surface area contributed by atoms with Crippen molar-refractivity contribution in [2.24, 2.45) is 35.1 Å². The second-order valence-electron chi connectivity index (χ2n) is 26.9. The first-order chi connectivity index (χ1) is 48.8. The zero-order valence-corrected chi connectivity index (χ0v) is 60.5. The van der Waals surface area contributed by atoms with Crippen molar-refractivity contribution in [1.29, 1.82) is 0 Å². The lowest BCUT2D eigenvalue weighted by Crippen LogP contribution is -2.61. The van der Waals surface area contributed by atoms with Gasteiger partial charge in [0.05, 0.1) is 25.6 Å². The van der Waals surface area contributed by atoms with E-state index < -0.39 is 287 Å². The second-order valence-corrected chi connectivity index (χ2v) is 26.9. The number of rotatable bonds is 50. The highest BCUT2D eigenvalue weighted by atomic mass is 16.4. The topological polar surface area (TPSA) is 654 Å². The Bertz CT molecular complexity index is 3150. The molecule has 1 aliphatic rings. The third kappa shape index (κ3) is 36.4. The summed E-state index contributed by atoms with van der Waals surface area (Å²) in [5, 5.41) is 77.6. The van der Waals surface area contributed by atoms with E-state index in [4.69, 9.17) is 11.5 Å². The van der Waals surface area contributed by atoms with Gasteiger partial charge in [-0.25, -0.2) is 0 Å². The standard InChI is InChI=1S/C64H104N16O25/c1-29(2)24-39(53(66)94)75-64(105)52(32(7)8)78-59(100)34(13-18-46(84)85)70-45(83)28-67-44(82)27-68-55(96)41(26-43(65)81)76-54(95)33(9)69-56(97)35(14-19-47(86)87)71-57(98)36(15-20-48(88)89)72-58(99)37(16-21-49(90)91)74-63(104)51(31(5)6)79-60(101)38(17-22-50(92)93)73-61(102)40(25-30(3)4)77-62(103)42-12-11-23-80(42)10/h29-42,51-52H,11-28H2,1-10H3,(H2,65,81)(H2,66,94)(H,67,82)(H,68,96)(H,69,97)(H,70,83)(H,71,98)(H,72,99)(H,73,102)(H,74,104)(H,75,105)(H,76,95)(H,77,103)(H,78,100)(H,79,101)(H,84,85)(H,86,87)(H,88,89)(H,90,91)(H,92,93)/t33-,34-,35-,36-,37-,38-,39-,40-,41-,42-,51-,52-/m0/s1. The fraction of sp³-hybridized carbons (Fsp3) is 0.688. The van der Waals surface area contributed by atoms with Crippen LogP contribution < -0.4 is 80.6 Å². The minimum absolute atomic E-state index is 0.0746. The average Bonchev–Trinajstić information content (AvgIpc) is 1.44. The van der Waals surface area contributed by atoms with E-state index in [0.29, 0.717) is 13.0 Å². The van der Waals surface area contributed by atoms with Crippen molar-refractivity contribution in [2.45, 2.75) is 231 Å². The van der Waals surface area contributed by atoms with Crippen molar-refractivity contribution in [3.05, 3.63) is 0 Å². The van der Waals surface area contributed by atoms with Gasteiger partial charge in [-0.3, -0.25) is 101 Å². The van der Waals surface area contributed by atoms with Crippen LogP contribution in [0.5, 0.6) is 0 Å². The molecule has 0 aromatic heterocycles. The van der Waals surface area contributed by atoms with Crippen LogP contribution in [0.1, 0.15) is 159 Å². The van der Waals surface area contributed by atoms with Crippen LogP contribution in [-0.4, -0.2) is 248 Å². The SMILES string of the molecule is CC(C)C[C@H](NC(=O)[C@@H](NC(=O)[C@H](CCC(=O)O)NC(=O)CNC(=O)CNC(=O)[C@H](CC(N)=O)NC(=O)[C@H](C)NC(=O)[C@H](CCC(=O)O)NC(=O)[C@H](CCC(=O)O)NC(=O)[C@H](CCC(=O)O)NC(=O)[C@@H](NC(=O)[C@H](CCC(=O)O)NC(=O)[C@H](CC(C)C)NC(=O)[C@@H]1CCCN1C)C(C)C)C(C)C)C(N)=O. The molecule has 1 fully saturated rings. The van der Waals surface area contributed by atoms with Crippen LogP contribution in [0, 0.1) is 23.7 Å². The first kappa shape index (κ1) is 92.4. The van der Waals surface area contributed by atoms with Gasteiger partial charge in [-0.2, -0.15) is 0 Å². The lowest BCUT2D eigenvalue weighted by molar-refractivity contribution is -0.140. The number of nitrogens with zero attached hydrogens (tertiary/aromatic N) is 1. The number of nitrogens with two attached hydrogens (primary N) is 2. The Labute approximate surface area is 605 Å². The monoisotopic (exact) mass is 1500 g/mol. The average molecular weight is 1500 g/mol. The summed E-state index contributed by atoms with van der Waals surface area (Å²) in [4.78, 5) is 261. The summed E-state index contributed by atoms with van der Waals surface area (Å²) in [6.45, 7) is 12.9. The summed E-state index contributed by atoms with van der Waals surface area (Å²) in [5.41, 5.74) is 10.8. The van der Waals surface area contributed by atoms with Gasteiger partial charge in [0.25, 0.3) is 0 Å². The van der Waals surface area contributed by atoms with E-state index in [1.807, 2.05) is 4.90 Å². The molecule has 12 atom stereocenters. The molecular weight excluding hydrogens is 1390 g/mol. The molecule has 590 valence electrons. The molecule has 41 heteroatoms. The van der Waals surface area contributed by atoms with Crippen LogP contribution in [0.4, 0.5) is 0 Å². The number of likely N-dealkylation sites (tertiary alicyclic amines) is 1. The molecule has 0 aromatic carbocycles. The van der Waals surface area contributed by atoms with Crippen molar-refractivity contribution in [3.63, 3.8) is 0 Å². The highest BCUT2D eigenvalue weighted by Crippen LogP contribution is 2.17. The van der Waals surface area contributed by atoms with Gasteiger partial charge in [-0.1, -0.05) is 55.4 Å². The zero-order chi connectivity index (χ0) is 80.3. The predicted octanol–water partition coefficient (Wildman–Crippen LogP) is -6.25. The van der Waals surface area contributed by atoms with E-state index in [1.165, 1.54) is 13.8 Å². The van der Waals surface area contributed by atoms with Crippen LogP contribution in [0.15, 0.2) is 0 Å². The molecule has 0 unspecified atom stereocenters. The Morgan fingerprint density at radius 2 is 0.705 bits per heavy atom. The fourth-order valence-electron chi connectivity index (χ4n) is 10.4. The van der Waals surface area contributed by atoms with Gasteiger partial charge >= 0.3 is 29.8 Å². The Hall–Kier alpha value is -10.6. The molecule has 0 bridgehead atoms. The van der Waals surface area contributed by atoms with E-state index >= 15 is 0 Å². The highest BCUT2D eigenvalue weighted by Gasteiger charge is 2.39. The molecular formula is C64H104N16O25. The molecule has 15 amide bonds. The smallest absolute Gasteiger partial charge is 0.303 e. The number of carboxylic acid groups (broad SMARTS) is 5. The number of aliphatic carboxylic acids is 5. The number of likely N-dealkylation sites (N-methyl/N-ethyl adjacent to an activating group) is 1. The van der Waals surface area contributed by atoms with Gasteiger partial charge in [-0.15, -0.1) is 0 Å². The number of nitrogens with one attached hydrogen (secondary N) is 13. The number of primary amides is 2. The minimum atomic E-state index is -1.99. The number of hydrogen-bond acceptors (Lipinski definition) is 21. The molecule has 1 saturated heterocycles. The van der Waals surface area contributed by atoms with E-state index in [1.54, 1.807) is 48.6 Å². The van der Waals surface area contributed by atoms with Crippen LogP contribution in [0.2, 0.25) is 0 Å². The van der Waals surface area contributed by atoms with Crippen LogP contribution >= 0.6 is 0 Å². The first-order valence-corrected chi connectivity index (χ1v) is 34.1. The lowest BCUT2D eigenvalue weighted by Gasteiger charge is -2.29. The molecule has 1 aliphatic heterocycles. The van der Waals surface area contributed by atoms with Gasteiger partial charge in [0.15, 0.2) is 0 Å². The Kier molecular flexibility index (Phi) is 40.6. The molecule has 1 rings (SSSR count). The van der Waals surface area contributed by atoms with Crippen molar-refractivity contribution in [3.8, 4) is 0 Å². The summed E-state index contributed by atoms with van der Waals surface area (Å²) in [5.74, 6) is -25.1. The number of hydrogen-bond donors (Lipinski definition) is 20. The molecule has 0 aromatic rings. The van der Waals surface area contributed by atoms with Crippen LogP contribution in [-0.2, 0) is 95.9 Å². The van der Waals surface area contributed by atoms with E-state index in [2.05, 4.69) is 69.1 Å². The summed E-state index contributed by atoms with van der Waals surface area (Å²) < 4.78 is 0. The summed E-state index contributed by atoms with van der Waals surface area (Å²) >= 11 is 0. The summed E-state index contributed by atoms with van der Waals surface area (Å²) in [7, 11) is 1.74. The molecule has 0 saturated carbocycles. The molecule has 0 spiro atoms. The van der Waals surface area contributed by atoms with Crippen molar-refractivity contribution in [2.75, 3.05) is 26.7 Å². The molecule has 1 heterocycles. The Morgan fingerprint density at radius 1 is 0.371 bits per heavy atom. The van der Waals surface area contributed by atoms with Gasteiger partial charge in [-0.05, 0) is 102 Å². The Balaban J connectivity index is 3.36. The molecule has 0 aliphatic carbocycles. The third-order valence-corrected chi connectivity index (χ3v) is 16.1. The maximum absolute atomic E-state index is 14.1. The number of carbonyl (C=O) groups excluding carboxylic acids is 15. The fourth-order valence-corrected chi connectivity index (χ4v) is 10.4. The van der Waals surface area contributed by atoms with Crippen LogP contribution in [0.25, 0.3) is 0 Å². The quantitative estimate of drug-likeness (QED) is 0.0269. The first-order valence-electron chi connectivity index (χ1n) is 34.1. The molecule has 0 radical (unpaired) electrons.